The minimum Gasteiger partial charge on any atom is -0.460 e. The molecule has 7 heteroatoms. The molecule has 1 rings (SSSR count). The van der Waals surface area contributed by atoms with Gasteiger partial charge in [0.1, 0.15) is 12.2 Å². The second-order valence-corrected chi connectivity index (χ2v) is 15.3. The molecule has 1 aromatic rings. The van der Waals surface area contributed by atoms with Crippen molar-refractivity contribution in [2.75, 3.05) is 6.61 Å². The average Bonchev–Trinajstić information content (AvgIpc) is 2.77. The summed E-state index contributed by atoms with van der Waals surface area (Å²) in [6, 6.07) is 8.79. The number of hydrogen-bond donors (Lipinski definition) is 1. The number of aliphatic hydroxyl groups excluding tert-OH is 1. The van der Waals surface area contributed by atoms with Crippen LogP contribution in [0.15, 0.2) is 30.3 Å². The van der Waals surface area contributed by atoms with Gasteiger partial charge in [0.05, 0.1) is 18.3 Å². The van der Waals surface area contributed by atoms with Crippen molar-refractivity contribution in [1.82, 2.24) is 0 Å². The number of carbonyl (C=O) groups excluding carboxylic acids is 2. The van der Waals surface area contributed by atoms with E-state index >= 15 is 0 Å². The molecule has 0 spiro atoms. The zero-order valence-electron chi connectivity index (χ0n) is 21.8. The Bertz CT molecular complexity index is 712. The van der Waals surface area contributed by atoms with Gasteiger partial charge in [0.2, 0.25) is 8.32 Å². The minimum atomic E-state index is -2.22. The average molecular weight is 481 g/mol. The fraction of sp³-hybridized carbons (Fsp3) is 0.692. The first-order valence-electron chi connectivity index (χ1n) is 12.2. The van der Waals surface area contributed by atoms with Gasteiger partial charge in [-0.05, 0) is 35.7 Å². The molecule has 0 bridgehead atoms. The van der Waals surface area contributed by atoms with Gasteiger partial charge in [-0.25, -0.2) is 4.79 Å². The molecule has 33 heavy (non-hydrogen) atoms. The summed E-state index contributed by atoms with van der Waals surface area (Å²) < 4.78 is 17.9. The van der Waals surface area contributed by atoms with Crippen molar-refractivity contribution in [1.29, 1.82) is 0 Å². The monoisotopic (exact) mass is 480 g/mol. The van der Waals surface area contributed by atoms with E-state index in [-0.39, 0.29) is 19.0 Å². The zero-order valence-corrected chi connectivity index (χ0v) is 22.8. The van der Waals surface area contributed by atoms with Gasteiger partial charge in [-0.3, -0.25) is 4.79 Å². The van der Waals surface area contributed by atoms with E-state index in [9.17, 15) is 14.7 Å². The molecule has 0 fully saturated rings. The van der Waals surface area contributed by atoms with Gasteiger partial charge in [-0.1, -0.05) is 73.6 Å². The maximum Gasteiger partial charge on any atom is 0.338 e. The van der Waals surface area contributed by atoms with E-state index in [1.54, 1.807) is 45.0 Å². The van der Waals surface area contributed by atoms with E-state index in [1.807, 2.05) is 6.07 Å². The number of hydrogen-bond acceptors (Lipinski definition) is 6. The summed E-state index contributed by atoms with van der Waals surface area (Å²) in [6.45, 7) is 18.5. The van der Waals surface area contributed by atoms with Crippen molar-refractivity contribution in [3.05, 3.63) is 35.9 Å². The zero-order chi connectivity index (χ0) is 25.3. The van der Waals surface area contributed by atoms with Crippen LogP contribution in [0.5, 0.6) is 0 Å². The smallest absolute Gasteiger partial charge is 0.338 e. The summed E-state index contributed by atoms with van der Waals surface area (Å²) in [6.07, 6.45) is -2.20. The van der Waals surface area contributed by atoms with Crippen molar-refractivity contribution in [3.8, 4) is 0 Å². The number of carbonyl (C=O) groups is 2. The van der Waals surface area contributed by atoms with Crippen LogP contribution in [0.2, 0.25) is 16.6 Å². The van der Waals surface area contributed by atoms with E-state index in [2.05, 4.69) is 41.5 Å². The molecule has 0 saturated heterocycles. The fourth-order valence-electron chi connectivity index (χ4n) is 4.81. The van der Waals surface area contributed by atoms with Crippen LogP contribution in [0.1, 0.15) is 79.1 Å². The second kappa shape index (κ2) is 13.3. The number of aliphatic hydroxyl groups is 1. The van der Waals surface area contributed by atoms with Crippen molar-refractivity contribution in [3.63, 3.8) is 0 Å². The first-order chi connectivity index (χ1) is 15.4. The minimum absolute atomic E-state index is 0.187. The lowest BCUT2D eigenvalue weighted by Crippen LogP contribution is -2.51. The summed E-state index contributed by atoms with van der Waals surface area (Å²) in [4.78, 5) is 24.6. The Hall–Kier alpha value is -1.70. The molecule has 0 heterocycles. The SMILES string of the molecule is CCC(=O)O[C@H](C)[C@H](O)[C@H](C)[C@H](CO[Si](C(C)C)(C(C)C)C(C)C)OC(=O)c1ccccc1. The molecule has 6 nitrogen and oxygen atoms in total. The molecule has 0 saturated carbocycles. The molecule has 0 unspecified atom stereocenters. The quantitative estimate of drug-likeness (QED) is 0.286. The van der Waals surface area contributed by atoms with Gasteiger partial charge in [0, 0.05) is 12.3 Å². The lowest BCUT2D eigenvalue weighted by atomic mass is 9.94. The van der Waals surface area contributed by atoms with Crippen molar-refractivity contribution < 1.29 is 28.6 Å². The maximum atomic E-state index is 12.9. The van der Waals surface area contributed by atoms with E-state index < -0.39 is 38.5 Å². The third kappa shape index (κ3) is 7.65. The van der Waals surface area contributed by atoms with Crippen LogP contribution in [0.4, 0.5) is 0 Å². The molecule has 1 aromatic carbocycles. The Labute approximate surface area is 201 Å². The molecule has 0 aliphatic carbocycles. The molecule has 0 aliphatic heterocycles. The highest BCUT2D eigenvalue weighted by atomic mass is 28.4. The summed E-state index contributed by atoms with van der Waals surface area (Å²) in [5, 5.41) is 10.9. The van der Waals surface area contributed by atoms with E-state index in [0.29, 0.717) is 22.2 Å². The van der Waals surface area contributed by atoms with Gasteiger partial charge >= 0.3 is 11.9 Å². The molecule has 0 radical (unpaired) electrons. The summed E-state index contributed by atoms with van der Waals surface area (Å²) in [5.41, 5.74) is 1.54. The third-order valence-corrected chi connectivity index (χ3v) is 12.8. The maximum absolute atomic E-state index is 12.9. The Morgan fingerprint density at radius 1 is 0.879 bits per heavy atom. The van der Waals surface area contributed by atoms with Crippen molar-refractivity contribution in [2.24, 2.45) is 5.92 Å². The van der Waals surface area contributed by atoms with Gasteiger partial charge in [0.25, 0.3) is 0 Å². The van der Waals surface area contributed by atoms with Crippen molar-refractivity contribution in [2.45, 2.75) is 104 Å². The standard InChI is InChI=1S/C26H44O6Si/c1-10-24(27)31-21(9)25(28)20(8)23(32-26(29)22-14-12-11-13-15-22)16-30-33(17(2)3,18(4)5)19(6)7/h11-15,17-21,23,25,28H,10,16H2,1-9H3/t20-,21-,23+,25-/m1/s1. The van der Waals surface area contributed by atoms with Crippen LogP contribution in [0, 0.1) is 5.92 Å². The van der Waals surface area contributed by atoms with Crippen LogP contribution < -0.4 is 0 Å². The largest absolute Gasteiger partial charge is 0.460 e. The first-order valence-corrected chi connectivity index (χ1v) is 14.3. The van der Waals surface area contributed by atoms with Crippen LogP contribution in [0.3, 0.4) is 0 Å². The first kappa shape index (κ1) is 29.3. The van der Waals surface area contributed by atoms with Gasteiger partial charge < -0.3 is 19.0 Å². The molecule has 0 amide bonds. The number of esters is 2. The lowest BCUT2D eigenvalue weighted by Gasteiger charge is -2.43. The predicted molar refractivity (Wildman–Crippen MR) is 134 cm³/mol. The third-order valence-electron chi connectivity index (χ3n) is 6.68. The molecule has 1 N–H and O–H groups in total. The lowest BCUT2D eigenvalue weighted by molar-refractivity contribution is -0.157. The highest BCUT2D eigenvalue weighted by Crippen LogP contribution is 2.42. The second-order valence-electron chi connectivity index (χ2n) is 9.84. The van der Waals surface area contributed by atoms with Crippen LogP contribution in [0.25, 0.3) is 0 Å². The Morgan fingerprint density at radius 3 is 1.85 bits per heavy atom. The molecule has 188 valence electrons. The van der Waals surface area contributed by atoms with E-state index in [1.165, 1.54) is 0 Å². The summed E-state index contributed by atoms with van der Waals surface area (Å²) in [5.74, 6) is -1.35. The summed E-state index contributed by atoms with van der Waals surface area (Å²) in [7, 11) is -2.22. The van der Waals surface area contributed by atoms with Crippen LogP contribution in [-0.2, 0) is 18.7 Å². The topological polar surface area (TPSA) is 82.1 Å². The van der Waals surface area contributed by atoms with Crippen molar-refractivity contribution >= 4 is 20.3 Å². The normalized spacial score (nSPS) is 15.9. The van der Waals surface area contributed by atoms with Crippen LogP contribution in [-0.4, -0.2) is 50.3 Å². The Morgan fingerprint density at radius 2 is 1.39 bits per heavy atom. The van der Waals surface area contributed by atoms with E-state index in [0.717, 1.165) is 0 Å². The molecular formula is C26H44O6Si. The molecule has 0 aliphatic rings. The Balaban J connectivity index is 3.18. The molecular weight excluding hydrogens is 436 g/mol. The Kier molecular flexibility index (Phi) is 11.8. The fourth-order valence-corrected chi connectivity index (χ4v) is 10.3. The van der Waals surface area contributed by atoms with E-state index in [4.69, 9.17) is 13.9 Å². The van der Waals surface area contributed by atoms with Crippen LogP contribution >= 0.6 is 0 Å². The predicted octanol–water partition coefficient (Wildman–Crippen LogP) is 5.74. The number of rotatable bonds is 13. The number of ether oxygens (including phenoxy) is 2. The highest BCUT2D eigenvalue weighted by molar-refractivity contribution is 6.77. The highest BCUT2D eigenvalue weighted by Gasteiger charge is 2.46. The van der Waals surface area contributed by atoms with Gasteiger partial charge in [-0.15, -0.1) is 0 Å². The number of benzene rings is 1. The molecule has 0 aromatic heterocycles. The van der Waals surface area contributed by atoms with Gasteiger partial charge in [0.15, 0.2) is 0 Å². The molecule has 4 atom stereocenters. The summed E-state index contributed by atoms with van der Waals surface area (Å²) >= 11 is 0. The van der Waals surface area contributed by atoms with Gasteiger partial charge in [-0.2, -0.15) is 0 Å².